The maximum absolute atomic E-state index is 13.2. The Morgan fingerprint density at radius 1 is 1.14 bits per heavy atom. The smallest absolute Gasteiger partial charge is 0.389 e. The van der Waals surface area contributed by atoms with Crippen LogP contribution in [0.5, 0.6) is 0 Å². The van der Waals surface area contributed by atoms with Crippen LogP contribution in [0.1, 0.15) is 32.1 Å². The molecule has 0 unspecified atom stereocenters. The molecule has 1 spiro atoms. The summed E-state index contributed by atoms with van der Waals surface area (Å²) in [5, 5.41) is 19.5. The van der Waals surface area contributed by atoms with Gasteiger partial charge in [0.15, 0.2) is 0 Å². The van der Waals surface area contributed by atoms with Gasteiger partial charge < -0.3 is 10.2 Å². The molecule has 2 N–H and O–H groups in total. The number of hydrogen-bond donors (Lipinski definition) is 2. The Balaban J connectivity index is 1.93. The highest BCUT2D eigenvalue weighted by molar-refractivity contribution is 5.15. The Morgan fingerprint density at radius 2 is 1.76 bits per heavy atom. The number of aliphatic hydroxyl groups is 2. The lowest BCUT2D eigenvalue weighted by Gasteiger charge is -2.46. The van der Waals surface area contributed by atoms with Crippen molar-refractivity contribution in [3.63, 3.8) is 0 Å². The minimum absolute atomic E-state index is 0.0381. The molecule has 0 aromatic rings. The summed E-state index contributed by atoms with van der Waals surface area (Å²) in [6, 6.07) is 0. The number of halogens is 5. The van der Waals surface area contributed by atoms with Crippen molar-refractivity contribution in [2.75, 3.05) is 13.1 Å². The van der Waals surface area contributed by atoms with Crippen molar-refractivity contribution < 1.29 is 32.2 Å². The van der Waals surface area contributed by atoms with E-state index >= 15 is 0 Å². The molecule has 2 rings (SSSR count). The van der Waals surface area contributed by atoms with Gasteiger partial charge in [0.25, 0.3) is 0 Å². The molecule has 3 atom stereocenters. The minimum atomic E-state index is -4.21. The molecule has 2 fully saturated rings. The largest absolute Gasteiger partial charge is 0.390 e. The summed E-state index contributed by atoms with van der Waals surface area (Å²) in [6.07, 6.45) is -9.45. The second-order valence-corrected chi connectivity index (χ2v) is 6.04. The highest BCUT2D eigenvalue weighted by atomic mass is 19.4. The first-order valence-electron chi connectivity index (χ1n) is 7.13. The minimum Gasteiger partial charge on any atom is -0.390 e. The van der Waals surface area contributed by atoms with Gasteiger partial charge in [0, 0.05) is 18.5 Å². The van der Waals surface area contributed by atoms with Gasteiger partial charge in [0.2, 0.25) is 6.43 Å². The van der Waals surface area contributed by atoms with E-state index in [1.807, 2.05) is 0 Å². The molecule has 1 saturated carbocycles. The van der Waals surface area contributed by atoms with Crippen LogP contribution in [0.25, 0.3) is 0 Å². The Kier molecular flexibility index (Phi) is 4.80. The fraction of sp³-hybridized carbons (Fsp3) is 1.00. The van der Waals surface area contributed by atoms with Crippen molar-refractivity contribution in [2.24, 2.45) is 5.92 Å². The Bertz CT molecular complexity index is 359. The SMILES string of the molecule is O[C@H]1[C@H](O)CN(CCCCC(F)(F)F)C2(CC2)[C@@H]1C(F)F. The van der Waals surface area contributed by atoms with Crippen LogP contribution >= 0.6 is 0 Å². The lowest BCUT2D eigenvalue weighted by molar-refractivity contribution is -0.153. The highest BCUT2D eigenvalue weighted by Gasteiger charge is 2.62. The molecule has 0 aromatic heterocycles. The normalized spacial score (nSPS) is 32.9. The first-order valence-corrected chi connectivity index (χ1v) is 7.13. The van der Waals surface area contributed by atoms with Crippen LogP contribution < -0.4 is 0 Å². The zero-order valence-corrected chi connectivity index (χ0v) is 11.5. The van der Waals surface area contributed by atoms with E-state index < -0.39 is 42.7 Å². The van der Waals surface area contributed by atoms with Gasteiger partial charge in [-0.2, -0.15) is 13.2 Å². The maximum Gasteiger partial charge on any atom is 0.389 e. The van der Waals surface area contributed by atoms with E-state index in [1.54, 1.807) is 4.90 Å². The zero-order chi connectivity index (χ0) is 15.8. The third-order valence-electron chi connectivity index (χ3n) is 4.59. The quantitative estimate of drug-likeness (QED) is 0.603. The summed E-state index contributed by atoms with van der Waals surface area (Å²) in [6.45, 7) is 0.277. The molecule has 0 aromatic carbocycles. The Labute approximate surface area is 119 Å². The van der Waals surface area contributed by atoms with Gasteiger partial charge in [-0.25, -0.2) is 8.78 Å². The van der Waals surface area contributed by atoms with E-state index in [2.05, 4.69) is 0 Å². The Hall–Kier alpha value is -0.470. The molecule has 1 saturated heterocycles. The third kappa shape index (κ3) is 3.65. The first-order chi connectivity index (χ1) is 9.67. The monoisotopic (exact) mass is 317 g/mol. The van der Waals surface area contributed by atoms with Crippen molar-refractivity contribution >= 4 is 0 Å². The molecule has 2 aliphatic rings. The molecule has 1 heterocycles. The van der Waals surface area contributed by atoms with E-state index in [-0.39, 0.29) is 25.9 Å². The maximum atomic E-state index is 13.2. The zero-order valence-electron chi connectivity index (χ0n) is 11.5. The van der Waals surface area contributed by atoms with Gasteiger partial charge in [-0.3, -0.25) is 4.90 Å². The second kappa shape index (κ2) is 5.96. The summed E-state index contributed by atoms with van der Waals surface area (Å²) in [5.41, 5.74) is -0.842. The predicted octanol–water partition coefficient (Wildman–Crippen LogP) is 2.17. The van der Waals surface area contributed by atoms with Crippen LogP contribution in [0.2, 0.25) is 0 Å². The molecule has 21 heavy (non-hydrogen) atoms. The molecule has 8 heteroatoms. The van der Waals surface area contributed by atoms with Crippen LogP contribution in [0.15, 0.2) is 0 Å². The van der Waals surface area contributed by atoms with Crippen molar-refractivity contribution in [3.8, 4) is 0 Å². The number of alkyl halides is 5. The van der Waals surface area contributed by atoms with Crippen molar-refractivity contribution in [2.45, 2.75) is 62.5 Å². The van der Waals surface area contributed by atoms with Crippen molar-refractivity contribution in [3.05, 3.63) is 0 Å². The molecule has 1 aliphatic heterocycles. The number of unbranched alkanes of at least 4 members (excludes halogenated alkanes) is 1. The summed E-state index contributed by atoms with van der Waals surface area (Å²) in [7, 11) is 0. The summed E-state index contributed by atoms with van der Waals surface area (Å²) in [5.74, 6) is -1.33. The van der Waals surface area contributed by atoms with Gasteiger partial charge in [0.1, 0.15) is 0 Å². The lowest BCUT2D eigenvalue weighted by Crippen LogP contribution is -2.62. The molecule has 0 radical (unpaired) electrons. The van der Waals surface area contributed by atoms with Crippen molar-refractivity contribution in [1.29, 1.82) is 0 Å². The topological polar surface area (TPSA) is 43.7 Å². The number of aliphatic hydroxyl groups excluding tert-OH is 2. The van der Waals surface area contributed by atoms with E-state index in [1.165, 1.54) is 0 Å². The number of hydrogen-bond acceptors (Lipinski definition) is 3. The highest BCUT2D eigenvalue weighted by Crippen LogP contribution is 2.54. The van der Waals surface area contributed by atoms with Crippen LogP contribution in [0, 0.1) is 5.92 Å². The van der Waals surface area contributed by atoms with Crippen LogP contribution in [-0.4, -0.2) is 58.6 Å². The molecule has 1 aliphatic carbocycles. The van der Waals surface area contributed by atoms with E-state index in [0.717, 1.165) is 0 Å². The van der Waals surface area contributed by atoms with E-state index in [9.17, 15) is 32.2 Å². The Morgan fingerprint density at radius 3 is 2.24 bits per heavy atom. The van der Waals surface area contributed by atoms with Gasteiger partial charge in [-0.1, -0.05) is 0 Å². The fourth-order valence-electron chi connectivity index (χ4n) is 3.39. The van der Waals surface area contributed by atoms with Gasteiger partial charge in [-0.15, -0.1) is 0 Å². The standard InChI is InChI=1S/C13H20F5NO2/c14-11(15)9-10(21)8(20)7-19(12(9)4-5-12)6-2-1-3-13(16,17)18/h8-11,20-21H,1-7H2/t8-,9+,10+/m1/s1. The van der Waals surface area contributed by atoms with Crippen LogP contribution in [0.3, 0.4) is 0 Å². The third-order valence-corrected chi connectivity index (χ3v) is 4.59. The number of rotatable bonds is 5. The second-order valence-electron chi connectivity index (χ2n) is 6.04. The summed E-state index contributed by atoms with van der Waals surface area (Å²) < 4.78 is 62.5. The number of nitrogens with zero attached hydrogens (tertiary/aromatic N) is 1. The van der Waals surface area contributed by atoms with Gasteiger partial charge in [-0.05, 0) is 32.2 Å². The fourth-order valence-corrected chi connectivity index (χ4v) is 3.39. The van der Waals surface area contributed by atoms with E-state index in [4.69, 9.17) is 0 Å². The average molecular weight is 317 g/mol. The van der Waals surface area contributed by atoms with Crippen LogP contribution in [0.4, 0.5) is 22.0 Å². The van der Waals surface area contributed by atoms with Gasteiger partial charge >= 0.3 is 6.18 Å². The average Bonchev–Trinajstić information content (AvgIpc) is 3.11. The molecule has 0 bridgehead atoms. The number of β-amino-alcohol motifs (C(OH)–C–C–N with tert-alkyl or cyclic N) is 1. The molecular formula is C13H20F5NO2. The number of piperidine rings is 1. The predicted molar refractivity (Wildman–Crippen MR) is 65.0 cm³/mol. The van der Waals surface area contributed by atoms with Gasteiger partial charge in [0.05, 0.1) is 18.1 Å². The summed E-state index contributed by atoms with van der Waals surface area (Å²) >= 11 is 0. The summed E-state index contributed by atoms with van der Waals surface area (Å²) in [4.78, 5) is 1.65. The molecular weight excluding hydrogens is 297 g/mol. The first kappa shape index (κ1) is 16.9. The van der Waals surface area contributed by atoms with Crippen LogP contribution in [-0.2, 0) is 0 Å². The van der Waals surface area contributed by atoms with Crippen molar-refractivity contribution in [1.82, 2.24) is 4.90 Å². The van der Waals surface area contributed by atoms with E-state index in [0.29, 0.717) is 12.8 Å². The molecule has 0 amide bonds. The number of likely N-dealkylation sites (tertiary alicyclic amines) is 1. The lowest BCUT2D eigenvalue weighted by atomic mass is 9.82. The molecule has 3 nitrogen and oxygen atoms in total. The molecule has 124 valence electrons.